The molecule has 0 saturated heterocycles. The number of Topliss-reactive ketones (excluding diaryl/α,β-unsaturated/α-hetero) is 2. The van der Waals surface area contributed by atoms with Gasteiger partial charge in [0, 0.05) is 6.42 Å². The van der Waals surface area contributed by atoms with Gasteiger partial charge in [-0.15, -0.1) is 0 Å². The first kappa shape index (κ1) is 22.8. The van der Waals surface area contributed by atoms with Gasteiger partial charge in [0.2, 0.25) is 0 Å². The molecule has 3 atom stereocenters. The van der Waals surface area contributed by atoms with E-state index in [0.29, 0.717) is 31.1 Å². The van der Waals surface area contributed by atoms with Gasteiger partial charge < -0.3 is 15.3 Å². The quantitative estimate of drug-likeness (QED) is 0.512. The molecule has 5 nitrogen and oxygen atoms in total. The van der Waals surface area contributed by atoms with E-state index in [-0.39, 0.29) is 24.3 Å². The summed E-state index contributed by atoms with van der Waals surface area (Å²) in [6.07, 6.45) is 0.741. The van der Waals surface area contributed by atoms with Crippen molar-refractivity contribution in [3.05, 3.63) is 11.3 Å². The zero-order chi connectivity index (χ0) is 20.2. The minimum absolute atomic E-state index is 0.0317. The number of aliphatic hydroxyl groups excluding tert-OH is 2. The van der Waals surface area contributed by atoms with E-state index in [1.54, 1.807) is 0 Å². The number of carbonyl (C=O) groups excluding carboxylic acids is 2. The van der Waals surface area contributed by atoms with Crippen LogP contribution in [-0.2, 0) is 9.59 Å². The molecule has 1 rings (SSSR count). The summed E-state index contributed by atoms with van der Waals surface area (Å²) in [5.74, 6) is -1.94. The first-order chi connectivity index (χ1) is 11.9. The molecule has 0 unspecified atom stereocenters. The lowest BCUT2D eigenvalue weighted by Crippen LogP contribution is -2.49. The summed E-state index contributed by atoms with van der Waals surface area (Å²) >= 11 is 0. The molecule has 0 bridgehead atoms. The molecule has 0 aromatic carbocycles. The summed E-state index contributed by atoms with van der Waals surface area (Å²) in [5, 5.41) is 32.5. The van der Waals surface area contributed by atoms with Crippen molar-refractivity contribution >= 4 is 11.6 Å². The van der Waals surface area contributed by atoms with Crippen LogP contribution in [0.25, 0.3) is 0 Å². The average molecular weight is 369 g/mol. The molecule has 150 valence electrons. The van der Waals surface area contributed by atoms with E-state index < -0.39 is 34.9 Å². The van der Waals surface area contributed by atoms with Gasteiger partial charge in [0.05, 0.1) is 12.0 Å². The topological polar surface area (TPSA) is 94.8 Å². The second-order valence-corrected chi connectivity index (χ2v) is 8.95. The minimum Gasteiger partial charge on any atom is -0.508 e. The predicted molar refractivity (Wildman–Crippen MR) is 102 cm³/mol. The number of rotatable bonds is 10. The van der Waals surface area contributed by atoms with E-state index in [1.807, 2.05) is 41.5 Å². The second-order valence-electron chi connectivity index (χ2n) is 8.95. The van der Waals surface area contributed by atoms with Crippen LogP contribution < -0.4 is 0 Å². The summed E-state index contributed by atoms with van der Waals surface area (Å²) in [6.45, 7) is 11.7. The summed E-state index contributed by atoms with van der Waals surface area (Å²) in [6, 6.07) is 0. The molecular weight excluding hydrogens is 332 g/mol. The van der Waals surface area contributed by atoms with Crippen LogP contribution in [0.3, 0.4) is 0 Å². The maximum Gasteiger partial charge on any atom is 0.176 e. The van der Waals surface area contributed by atoms with Gasteiger partial charge in [-0.1, -0.05) is 48.0 Å². The summed E-state index contributed by atoms with van der Waals surface area (Å²) in [7, 11) is 0. The molecule has 0 aromatic rings. The molecule has 0 aromatic heterocycles. The third kappa shape index (κ3) is 4.95. The largest absolute Gasteiger partial charge is 0.508 e. The highest BCUT2D eigenvalue weighted by Gasteiger charge is 2.58. The lowest BCUT2D eigenvalue weighted by molar-refractivity contribution is -0.137. The van der Waals surface area contributed by atoms with Gasteiger partial charge in [-0.25, -0.2) is 0 Å². The summed E-state index contributed by atoms with van der Waals surface area (Å²) in [4.78, 5) is 25.4. The zero-order valence-electron chi connectivity index (χ0n) is 17.1. The van der Waals surface area contributed by atoms with Gasteiger partial charge in [-0.2, -0.15) is 0 Å². The van der Waals surface area contributed by atoms with Crippen LogP contribution in [-0.4, -0.2) is 38.6 Å². The van der Waals surface area contributed by atoms with Crippen molar-refractivity contribution in [2.24, 2.45) is 23.7 Å². The smallest absolute Gasteiger partial charge is 0.176 e. The molecule has 0 aliphatic heterocycles. The third-order valence-electron chi connectivity index (χ3n) is 5.14. The Bertz CT molecular complexity index is 547. The van der Waals surface area contributed by atoms with Crippen molar-refractivity contribution < 1.29 is 24.9 Å². The summed E-state index contributed by atoms with van der Waals surface area (Å²) in [5.41, 5.74) is -2.37. The molecule has 0 amide bonds. The fourth-order valence-electron chi connectivity index (χ4n) is 3.55. The molecule has 26 heavy (non-hydrogen) atoms. The predicted octanol–water partition coefficient (Wildman–Crippen LogP) is 3.58. The van der Waals surface area contributed by atoms with Crippen LogP contribution in [0.4, 0.5) is 0 Å². The highest BCUT2D eigenvalue weighted by atomic mass is 16.4. The lowest BCUT2D eigenvalue weighted by Gasteiger charge is -2.34. The molecule has 5 heteroatoms. The van der Waals surface area contributed by atoms with Crippen LogP contribution in [0.5, 0.6) is 0 Å². The fourth-order valence-corrected chi connectivity index (χ4v) is 3.55. The Morgan fingerprint density at radius 1 is 1.00 bits per heavy atom. The normalized spacial score (nSPS) is 25.0. The fraction of sp³-hybridized carbons (Fsp3) is 0.810. The van der Waals surface area contributed by atoms with Crippen molar-refractivity contribution in [2.45, 2.75) is 85.4 Å². The van der Waals surface area contributed by atoms with E-state index in [1.165, 1.54) is 0 Å². The highest BCUT2D eigenvalue weighted by Crippen LogP contribution is 2.44. The Balaban J connectivity index is 3.24. The molecular formula is C21H36O5. The number of aliphatic hydroxyl groups is 3. The Kier molecular flexibility index (Phi) is 8.03. The first-order valence-corrected chi connectivity index (χ1v) is 9.84. The highest BCUT2D eigenvalue weighted by molar-refractivity contribution is 6.23. The van der Waals surface area contributed by atoms with E-state index in [4.69, 9.17) is 0 Å². The first-order valence-electron chi connectivity index (χ1n) is 9.84. The molecule has 1 aliphatic rings. The van der Waals surface area contributed by atoms with Gasteiger partial charge in [-0.05, 0) is 37.0 Å². The van der Waals surface area contributed by atoms with Crippen LogP contribution in [0.15, 0.2) is 11.3 Å². The SMILES string of the molecule is CC(C)CC[C@@H](O)[C@]1(O)C(O)=C(C(=O)CC(C)C)C(=O)[C@@H]1CCC(C)C. The lowest BCUT2D eigenvalue weighted by atomic mass is 9.78. The van der Waals surface area contributed by atoms with Gasteiger partial charge >= 0.3 is 0 Å². The number of ketones is 2. The molecule has 0 fully saturated rings. The summed E-state index contributed by atoms with van der Waals surface area (Å²) < 4.78 is 0. The Labute approximate surface area is 157 Å². The molecule has 0 radical (unpaired) electrons. The molecule has 0 saturated carbocycles. The van der Waals surface area contributed by atoms with Gasteiger partial charge in [-0.3, -0.25) is 9.59 Å². The van der Waals surface area contributed by atoms with Crippen molar-refractivity contribution in [3.8, 4) is 0 Å². The van der Waals surface area contributed by atoms with Crippen molar-refractivity contribution in [3.63, 3.8) is 0 Å². The maximum absolute atomic E-state index is 12.9. The standard InChI is InChI=1S/C21H36O5/c1-12(2)7-9-15-19(24)18(16(22)11-14(5)6)20(25)21(15,26)17(23)10-8-13(3)4/h12-15,17,23,25-26H,7-11H2,1-6H3/t15-,17+,21-/m0/s1. The van der Waals surface area contributed by atoms with E-state index in [0.717, 1.165) is 0 Å². The Morgan fingerprint density at radius 3 is 2.00 bits per heavy atom. The third-order valence-corrected chi connectivity index (χ3v) is 5.14. The number of allylic oxidation sites excluding steroid dienone is 1. The van der Waals surface area contributed by atoms with Gasteiger partial charge in [0.15, 0.2) is 17.2 Å². The Hall–Kier alpha value is -1.20. The van der Waals surface area contributed by atoms with E-state index in [2.05, 4.69) is 0 Å². The van der Waals surface area contributed by atoms with Gasteiger partial charge in [0.1, 0.15) is 11.3 Å². The zero-order valence-corrected chi connectivity index (χ0v) is 17.1. The van der Waals surface area contributed by atoms with Gasteiger partial charge in [0.25, 0.3) is 0 Å². The van der Waals surface area contributed by atoms with Crippen molar-refractivity contribution in [2.75, 3.05) is 0 Å². The molecule has 3 N–H and O–H groups in total. The molecule has 0 heterocycles. The molecule has 0 spiro atoms. The monoisotopic (exact) mass is 368 g/mol. The van der Waals surface area contributed by atoms with Crippen LogP contribution in [0, 0.1) is 23.7 Å². The second kappa shape index (κ2) is 9.14. The van der Waals surface area contributed by atoms with E-state index in [9.17, 15) is 24.9 Å². The maximum atomic E-state index is 12.9. The van der Waals surface area contributed by atoms with Crippen molar-refractivity contribution in [1.29, 1.82) is 0 Å². The number of hydrogen-bond donors (Lipinski definition) is 3. The van der Waals surface area contributed by atoms with Crippen molar-refractivity contribution in [1.82, 2.24) is 0 Å². The Morgan fingerprint density at radius 2 is 1.54 bits per heavy atom. The van der Waals surface area contributed by atoms with Crippen LogP contribution in [0.1, 0.15) is 73.6 Å². The van der Waals surface area contributed by atoms with Crippen LogP contribution >= 0.6 is 0 Å². The molecule has 1 aliphatic carbocycles. The average Bonchev–Trinajstić information content (AvgIpc) is 2.69. The van der Waals surface area contributed by atoms with E-state index >= 15 is 0 Å². The minimum atomic E-state index is -2.07. The van der Waals surface area contributed by atoms with Crippen LogP contribution in [0.2, 0.25) is 0 Å². The number of carbonyl (C=O) groups is 2. The number of hydrogen-bond acceptors (Lipinski definition) is 5.